The van der Waals surface area contributed by atoms with Crippen LogP contribution in [0.15, 0.2) is 0 Å². The van der Waals surface area contributed by atoms with Gasteiger partial charge < -0.3 is 5.11 Å². The summed E-state index contributed by atoms with van der Waals surface area (Å²) in [6.07, 6.45) is 1.58. The van der Waals surface area contributed by atoms with E-state index in [9.17, 15) is 8.42 Å². The topological polar surface area (TPSA) is 57.6 Å². The second kappa shape index (κ2) is 2.82. The largest absolute Gasteiger partial charge is 0.394 e. The predicted octanol–water partition coefficient (Wildman–Crippen LogP) is -0.0308. The third-order valence-electron chi connectivity index (χ3n) is 3.06. The van der Waals surface area contributed by atoms with Crippen molar-refractivity contribution in [1.82, 2.24) is 4.31 Å². The third kappa shape index (κ3) is 1.21. The Bertz CT molecular complexity index is 310. The molecule has 0 unspecified atom stereocenters. The number of aliphatic hydroxyl groups excluding tert-OH is 1. The summed E-state index contributed by atoms with van der Waals surface area (Å²) < 4.78 is 24.4. The zero-order valence-corrected chi connectivity index (χ0v) is 8.68. The maximum absolute atomic E-state index is 11.5. The summed E-state index contributed by atoms with van der Waals surface area (Å²) in [5, 5.41) is 8.76. The van der Waals surface area contributed by atoms with Crippen molar-refractivity contribution < 1.29 is 13.5 Å². The Morgan fingerprint density at radius 1 is 1.54 bits per heavy atom. The molecule has 0 aromatic carbocycles. The number of nitrogens with zero attached hydrogens (tertiary/aromatic N) is 1. The van der Waals surface area contributed by atoms with Gasteiger partial charge in [0, 0.05) is 6.54 Å². The lowest BCUT2D eigenvalue weighted by Gasteiger charge is -2.39. The molecule has 2 heterocycles. The molecule has 0 radical (unpaired) electrons. The van der Waals surface area contributed by atoms with Crippen LogP contribution in [0.3, 0.4) is 0 Å². The number of rotatable bonds is 3. The number of alkyl halides is 1. The van der Waals surface area contributed by atoms with Gasteiger partial charge in [-0.05, 0) is 18.8 Å². The molecule has 2 aliphatic heterocycles. The number of halogens is 1. The molecule has 1 N–H and O–H groups in total. The molecule has 1 aliphatic carbocycles. The minimum absolute atomic E-state index is 0.0837. The van der Waals surface area contributed by atoms with Gasteiger partial charge in [-0.25, -0.2) is 8.42 Å². The number of aliphatic hydroxyl groups is 1. The predicted molar refractivity (Wildman–Crippen MR) is 48.9 cm³/mol. The van der Waals surface area contributed by atoms with E-state index in [0.29, 0.717) is 12.5 Å². The molecule has 3 fully saturated rings. The minimum atomic E-state index is -3.34. The molecule has 3 aliphatic rings. The number of fused-ring (bicyclic) bond motifs is 1. The molecule has 6 heteroatoms. The summed E-state index contributed by atoms with van der Waals surface area (Å²) in [4.78, 5) is 0. The second-order valence-corrected chi connectivity index (χ2v) is 6.39. The van der Waals surface area contributed by atoms with Gasteiger partial charge in [0.2, 0.25) is 10.0 Å². The standard InChI is InChI=1S/C7H12ClNO3S/c8-5-13(11,12)9-3-6-1-7(9,2-6)4-10/h6,10H,1-5H2. The average molecular weight is 226 g/mol. The highest BCUT2D eigenvalue weighted by molar-refractivity contribution is 7.90. The quantitative estimate of drug-likeness (QED) is 0.687. The molecule has 0 aromatic heterocycles. The van der Waals surface area contributed by atoms with Gasteiger partial charge in [-0.3, -0.25) is 0 Å². The van der Waals surface area contributed by atoms with Crippen LogP contribution >= 0.6 is 11.6 Å². The zero-order valence-electron chi connectivity index (χ0n) is 7.11. The smallest absolute Gasteiger partial charge is 0.228 e. The first-order valence-electron chi connectivity index (χ1n) is 4.21. The van der Waals surface area contributed by atoms with Crippen LogP contribution in [0, 0.1) is 5.92 Å². The van der Waals surface area contributed by atoms with Crippen LogP contribution < -0.4 is 0 Å². The van der Waals surface area contributed by atoms with Gasteiger partial charge in [-0.15, -0.1) is 11.6 Å². The molecule has 0 aromatic rings. The van der Waals surface area contributed by atoms with E-state index in [4.69, 9.17) is 16.7 Å². The normalized spacial score (nSPS) is 39.1. The zero-order chi connectivity index (χ0) is 9.69. The van der Waals surface area contributed by atoms with Crippen molar-refractivity contribution in [2.75, 3.05) is 18.4 Å². The number of hydrogen-bond donors (Lipinski definition) is 1. The van der Waals surface area contributed by atoms with Gasteiger partial charge in [0.25, 0.3) is 0 Å². The summed E-state index contributed by atoms with van der Waals surface area (Å²) in [6.45, 7) is 0.454. The van der Waals surface area contributed by atoms with Crippen molar-refractivity contribution >= 4 is 21.6 Å². The van der Waals surface area contributed by atoms with E-state index in [0.717, 1.165) is 12.8 Å². The Hall–Kier alpha value is 0.160. The molecule has 0 amide bonds. The summed E-state index contributed by atoms with van der Waals surface area (Å²) in [6, 6.07) is 0. The van der Waals surface area contributed by atoms with Crippen molar-refractivity contribution in [3.8, 4) is 0 Å². The summed E-state index contributed by atoms with van der Waals surface area (Å²) in [5.41, 5.74) is -0.502. The van der Waals surface area contributed by atoms with Crippen LogP contribution in [0.2, 0.25) is 0 Å². The van der Waals surface area contributed by atoms with E-state index in [1.807, 2.05) is 0 Å². The monoisotopic (exact) mass is 225 g/mol. The Labute approximate surface area is 82.5 Å². The molecular formula is C7H12ClNO3S. The fourth-order valence-electron chi connectivity index (χ4n) is 2.45. The van der Waals surface area contributed by atoms with Crippen LogP contribution in [0.1, 0.15) is 12.8 Å². The fourth-order valence-corrected chi connectivity index (χ4v) is 4.16. The molecule has 2 bridgehead atoms. The minimum Gasteiger partial charge on any atom is -0.394 e. The van der Waals surface area contributed by atoms with Crippen molar-refractivity contribution in [1.29, 1.82) is 0 Å². The fraction of sp³-hybridized carbons (Fsp3) is 1.00. The maximum Gasteiger partial charge on any atom is 0.228 e. The van der Waals surface area contributed by atoms with Crippen molar-refractivity contribution in [3.05, 3.63) is 0 Å². The van der Waals surface area contributed by atoms with E-state index in [2.05, 4.69) is 0 Å². The molecule has 0 atom stereocenters. The SMILES string of the molecule is O=S(=O)(CCl)N1CC2CC1(CO)C2. The van der Waals surface area contributed by atoms with Crippen molar-refractivity contribution in [3.63, 3.8) is 0 Å². The highest BCUT2D eigenvalue weighted by atomic mass is 35.5. The Morgan fingerprint density at radius 3 is 2.62 bits per heavy atom. The maximum atomic E-state index is 11.5. The Balaban J connectivity index is 2.27. The number of sulfonamides is 1. The third-order valence-corrected chi connectivity index (χ3v) is 5.37. The Morgan fingerprint density at radius 2 is 2.15 bits per heavy atom. The molecule has 76 valence electrons. The molecule has 13 heavy (non-hydrogen) atoms. The van der Waals surface area contributed by atoms with Gasteiger partial charge in [0.15, 0.2) is 0 Å². The lowest BCUT2D eigenvalue weighted by molar-refractivity contribution is 0.0776. The molecule has 4 nitrogen and oxygen atoms in total. The highest BCUT2D eigenvalue weighted by Gasteiger charge is 2.59. The van der Waals surface area contributed by atoms with Crippen LogP contribution in [0.5, 0.6) is 0 Å². The van der Waals surface area contributed by atoms with E-state index >= 15 is 0 Å². The second-order valence-electron chi connectivity index (χ2n) is 3.91. The van der Waals surface area contributed by atoms with Crippen molar-refractivity contribution in [2.45, 2.75) is 18.4 Å². The van der Waals surface area contributed by atoms with Crippen LogP contribution in [-0.2, 0) is 10.0 Å². The van der Waals surface area contributed by atoms with Gasteiger partial charge >= 0.3 is 0 Å². The van der Waals surface area contributed by atoms with Crippen LogP contribution in [0.4, 0.5) is 0 Å². The van der Waals surface area contributed by atoms with Crippen molar-refractivity contribution in [2.24, 2.45) is 5.92 Å². The molecule has 1 saturated carbocycles. The van der Waals surface area contributed by atoms with Gasteiger partial charge in [-0.2, -0.15) is 4.31 Å². The molecule has 2 saturated heterocycles. The highest BCUT2D eigenvalue weighted by Crippen LogP contribution is 2.51. The van der Waals surface area contributed by atoms with Crippen LogP contribution in [-0.4, -0.2) is 41.7 Å². The molecular weight excluding hydrogens is 214 g/mol. The van der Waals surface area contributed by atoms with E-state index in [-0.39, 0.29) is 11.8 Å². The summed E-state index contributed by atoms with van der Waals surface area (Å²) >= 11 is 5.36. The number of hydrogen-bond acceptors (Lipinski definition) is 3. The summed E-state index contributed by atoms with van der Waals surface area (Å²) in [5.74, 6) is 0.435. The van der Waals surface area contributed by atoms with E-state index in [1.165, 1.54) is 4.31 Å². The van der Waals surface area contributed by atoms with E-state index < -0.39 is 15.6 Å². The van der Waals surface area contributed by atoms with Gasteiger partial charge in [0.1, 0.15) is 5.21 Å². The van der Waals surface area contributed by atoms with E-state index in [1.54, 1.807) is 0 Å². The first-order valence-corrected chi connectivity index (χ1v) is 6.36. The first-order chi connectivity index (χ1) is 6.04. The first kappa shape index (κ1) is 9.71. The Kier molecular flexibility index (Phi) is 2.11. The van der Waals surface area contributed by atoms with Gasteiger partial charge in [0.05, 0.1) is 12.1 Å². The molecule has 3 rings (SSSR count). The molecule has 0 spiro atoms. The van der Waals surface area contributed by atoms with Gasteiger partial charge in [-0.1, -0.05) is 0 Å². The lowest BCUT2D eigenvalue weighted by Crippen LogP contribution is -2.51. The lowest BCUT2D eigenvalue weighted by atomic mass is 9.74. The summed E-state index contributed by atoms with van der Waals surface area (Å²) in [7, 11) is -3.34. The van der Waals surface area contributed by atoms with Crippen LogP contribution in [0.25, 0.3) is 0 Å². The average Bonchev–Trinajstić information content (AvgIpc) is 2.57.